The Morgan fingerprint density at radius 2 is 1.96 bits per heavy atom. The second-order valence-electron chi connectivity index (χ2n) is 7.29. The van der Waals surface area contributed by atoms with Gasteiger partial charge in [0.1, 0.15) is 5.75 Å². The average molecular weight is 350 g/mol. The Kier molecular flexibility index (Phi) is 4.64. The second-order valence-corrected chi connectivity index (χ2v) is 7.29. The maximum absolute atomic E-state index is 12.8. The van der Waals surface area contributed by atoms with Crippen molar-refractivity contribution in [2.24, 2.45) is 0 Å². The van der Waals surface area contributed by atoms with Crippen LogP contribution in [-0.4, -0.2) is 22.9 Å². The zero-order chi connectivity index (χ0) is 18.9. The van der Waals surface area contributed by atoms with Gasteiger partial charge in [0.2, 0.25) is 0 Å². The summed E-state index contributed by atoms with van der Waals surface area (Å²) in [4.78, 5) is 28.5. The molecule has 5 nitrogen and oxygen atoms in total. The van der Waals surface area contributed by atoms with E-state index < -0.39 is 0 Å². The van der Waals surface area contributed by atoms with Crippen LogP contribution in [-0.2, 0) is 12.0 Å². The first-order valence-corrected chi connectivity index (χ1v) is 8.46. The van der Waals surface area contributed by atoms with Crippen LogP contribution in [0.1, 0.15) is 42.4 Å². The van der Waals surface area contributed by atoms with Gasteiger partial charge in [-0.05, 0) is 35.1 Å². The number of hydrogen-bond donors (Lipinski definition) is 0. The largest absolute Gasteiger partial charge is 0.496 e. The van der Waals surface area contributed by atoms with E-state index in [0.717, 1.165) is 27.9 Å². The maximum Gasteiger partial charge on any atom is 0.261 e. The predicted molar refractivity (Wildman–Crippen MR) is 102 cm³/mol. The quantitative estimate of drug-likeness (QED) is 0.675. The van der Waals surface area contributed by atoms with Crippen molar-refractivity contribution in [3.63, 3.8) is 0 Å². The average Bonchev–Trinajstić information content (AvgIpc) is 2.63. The number of pyridine rings is 2. The number of carbonyl (C=O) groups excluding carboxylic acids is 1. The molecule has 0 amide bonds. The third-order valence-corrected chi connectivity index (χ3v) is 4.42. The van der Waals surface area contributed by atoms with Gasteiger partial charge in [-0.3, -0.25) is 14.6 Å². The minimum Gasteiger partial charge on any atom is -0.496 e. The molecule has 0 aliphatic rings. The lowest BCUT2D eigenvalue weighted by Crippen LogP contribution is -2.25. The second kappa shape index (κ2) is 6.75. The smallest absolute Gasteiger partial charge is 0.261 e. The number of methoxy groups -OCH3 is 1. The molecule has 0 aliphatic heterocycles. The van der Waals surface area contributed by atoms with Gasteiger partial charge in [-0.25, -0.2) is 0 Å². The first-order valence-electron chi connectivity index (χ1n) is 8.46. The molecule has 0 spiro atoms. The molecule has 0 saturated carbocycles. The van der Waals surface area contributed by atoms with Gasteiger partial charge in [0.15, 0.2) is 6.29 Å². The SMILES string of the molecule is COc1cc2c(cc1C(C)(C)C)cc(C=O)c(=O)n2Cc1ccccn1. The number of aromatic nitrogens is 2. The molecule has 2 heterocycles. The van der Waals surface area contributed by atoms with Crippen LogP contribution >= 0.6 is 0 Å². The van der Waals surface area contributed by atoms with E-state index in [1.54, 1.807) is 23.9 Å². The highest BCUT2D eigenvalue weighted by Gasteiger charge is 2.21. The molecule has 0 radical (unpaired) electrons. The Balaban J connectivity index is 2.33. The van der Waals surface area contributed by atoms with Crippen molar-refractivity contribution in [2.45, 2.75) is 32.7 Å². The standard InChI is InChI=1S/C21H22N2O3/c1-21(2,3)17-10-14-9-15(13-24)20(25)23(18(14)11-19(17)26-4)12-16-7-5-6-8-22-16/h5-11,13H,12H2,1-4H3. The van der Waals surface area contributed by atoms with Crippen molar-refractivity contribution < 1.29 is 9.53 Å². The van der Waals surface area contributed by atoms with Crippen LogP contribution < -0.4 is 10.3 Å². The first-order chi connectivity index (χ1) is 12.3. The third kappa shape index (κ3) is 3.25. The van der Waals surface area contributed by atoms with Gasteiger partial charge in [-0.1, -0.05) is 26.8 Å². The van der Waals surface area contributed by atoms with Gasteiger partial charge in [-0.2, -0.15) is 0 Å². The summed E-state index contributed by atoms with van der Waals surface area (Å²) in [6.45, 7) is 6.58. The van der Waals surface area contributed by atoms with Crippen molar-refractivity contribution in [1.29, 1.82) is 0 Å². The van der Waals surface area contributed by atoms with Gasteiger partial charge in [-0.15, -0.1) is 0 Å². The van der Waals surface area contributed by atoms with Crippen molar-refractivity contribution in [3.8, 4) is 5.75 Å². The zero-order valence-electron chi connectivity index (χ0n) is 15.4. The van der Waals surface area contributed by atoms with Crippen LogP contribution in [0.5, 0.6) is 5.75 Å². The Bertz CT molecular complexity index is 1020. The highest BCUT2D eigenvalue weighted by atomic mass is 16.5. The lowest BCUT2D eigenvalue weighted by atomic mass is 9.85. The lowest BCUT2D eigenvalue weighted by molar-refractivity contribution is 0.112. The molecule has 3 aromatic rings. The van der Waals surface area contributed by atoms with Crippen LogP contribution in [0.3, 0.4) is 0 Å². The van der Waals surface area contributed by atoms with Crippen LogP contribution in [0.2, 0.25) is 0 Å². The summed E-state index contributed by atoms with van der Waals surface area (Å²) >= 11 is 0. The van der Waals surface area contributed by atoms with Crippen molar-refractivity contribution in [2.75, 3.05) is 7.11 Å². The van der Waals surface area contributed by atoms with E-state index in [2.05, 4.69) is 25.8 Å². The van der Waals surface area contributed by atoms with Crippen LogP contribution in [0.15, 0.2) is 47.4 Å². The number of carbonyl (C=O) groups is 1. The number of fused-ring (bicyclic) bond motifs is 1. The predicted octanol–water partition coefficient (Wildman–Crippen LogP) is 3.56. The van der Waals surface area contributed by atoms with Crippen molar-refractivity contribution >= 4 is 17.2 Å². The molecule has 0 unspecified atom stereocenters. The van der Waals surface area contributed by atoms with Crippen LogP contribution in [0, 0.1) is 0 Å². The topological polar surface area (TPSA) is 61.2 Å². The van der Waals surface area contributed by atoms with Gasteiger partial charge in [0.25, 0.3) is 5.56 Å². The van der Waals surface area contributed by atoms with Crippen molar-refractivity contribution in [1.82, 2.24) is 9.55 Å². The van der Waals surface area contributed by atoms with E-state index in [1.165, 1.54) is 0 Å². The molecule has 134 valence electrons. The molecule has 0 N–H and O–H groups in total. The van der Waals surface area contributed by atoms with E-state index in [9.17, 15) is 9.59 Å². The van der Waals surface area contributed by atoms with E-state index in [1.807, 2.05) is 30.3 Å². The van der Waals surface area contributed by atoms with Gasteiger partial charge in [0.05, 0.1) is 30.4 Å². The molecule has 2 aromatic heterocycles. The summed E-state index contributed by atoms with van der Waals surface area (Å²) < 4.78 is 7.16. The van der Waals surface area contributed by atoms with E-state index >= 15 is 0 Å². The first kappa shape index (κ1) is 17.9. The molecule has 0 saturated heterocycles. The summed E-state index contributed by atoms with van der Waals surface area (Å²) in [5.41, 5.74) is 2.16. The summed E-state index contributed by atoms with van der Waals surface area (Å²) in [5, 5.41) is 0.827. The Hall–Kier alpha value is -2.95. The van der Waals surface area contributed by atoms with Gasteiger partial charge in [0, 0.05) is 17.8 Å². The number of benzene rings is 1. The molecule has 0 atom stereocenters. The fraction of sp³-hybridized carbons (Fsp3) is 0.286. The monoisotopic (exact) mass is 350 g/mol. The molecule has 0 bridgehead atoms. The molecule has 3 rings (SSSR count). The summed E-state index contributed by atoms with van der Waals surface area (Å²) in [5.74, 6) is 0.720. The number of nitrogens with zero attached hydrogens (tertiary/aromatic N) is 2. The Morgan fingerprint density at radius 3 is 2.54 bits per heavy atom. The maximum atomic E-state index is 12.8. The highest BCUT2D eigenvalue weighted by molar-refractivity contribution is 5.88. The third-order valence-electron chi connectivity index (χ3n) is 4.42. The van der Waals surface area contributed by atoms with E-state index in [-0.39, 0.29) is 23.1 Å². The molecule has 1 aromatic carbocycles. The minimum absolute atomic E-state index is 0.136. The zero-order valence-corrected chi connectivity index (χ0v) is 15.4. The summed E-state index contributed by atoms with van der Waals surface area (Å²) in [6.07, 6.45) is 2.29. The number of ether oxygens (including phenoxy) is 1. The number of hydrogen-bond acceptors (Lipinski definition) is 4. The molecular formula is C21H22N2O3. The Labute approximate surface area is 152 Å². The molecule has 0 aliphatic carbocycles. The van der Waals surface area contributed by atoms with E-state index in [0.29, 0.717) is 6.29 Å². The molecule has 26 heavy (non-hydrogen) atoms. The van der Waals surface area contributed by atoms with Gasteiger partial charge < -0.3 is 9.30 Å². The number of rotatable bonds is 4. The van der Waals surface area contributed by atoms with Crippen LogP contribution in [0.4, 0.5) is 0 Å². The Morgan fingerprint density at radius 1 is 1.19 bits per heavy atom. The number of aldehydes is 1. The lowest BCUT2D eigenvalue weighted by Gasteiger charge is -2.23. The summed E-state index contributed by atoms with van der Waals surface area (Å²) in [6, 6.07) is 11.1. The fourth-order valence-corrected chi connectivity index (χ4v) is 3.08. The van der Waals surface area contributed by atoms with Crippen molar-refractivity contribution in [3.05, 3.63) is 69.8 Å². The summed E-state index contributed by atoms with van der Waals surface area (Å²) in [7, 11) is 1.62. The van der Waals surface area contributed by atoms with Gasteiger partial charge >= 0.3 is 0 Å². The molecule has 0 fully saturated rings. The molecular weight excluding hydrogens is 328 g/mol. The van der Waals surface area contributed by atoms with Crippen LogP contribution in [0.25, 0.3) is 10.9 Å². The van der Waals surface area contributed by atoms with E-state index in [4.69, 9.17) is 4.74 Å². The fourth-order valence-electron chi connectivity index (χ4n) is 3.08. The normalized spacial score (nSPS) is 11.5. The minimum atomic E-state index is -0.330. The molecule has 5 heteroatoms. The highest BCUT2D eigenvalue weighted by Crippen LogP contribution is 2.34.